The Morgan fingerprint density at radius 1 is 1.22 bits per heavy atom. The molecule has 0 aliphatic carbocycles. The molecule has 5 aromatic rings. The second-order valence-corrected chi connectivity index (χ2v) is 9.76. The van der Waals surface area contributed by atoms with Gasteiger partial charge in [-0.1, -0.05) is 0 Å². The number of furan rings is 1. The molecular formula is C24H19F3N8O5S. The minimum absolute atomic E-state index is 0.0238. The monoisotopic (exact) mass is 588 g/mol. The number of primary amides is 1. The van der Waals surface area contributed by atoms with Gasteiger partial charge in [-0.25, -0.2) is 4.98 Å². The molecule has 5 aromatic heterocycles. The van der Waals surface area contributed by atoms with Crippen molar-refractivity contribution >= 4 is 44.7 Å². The number of nitrogens with zero attached hydrogens (tertiary/aromatic N) is 6. The van der Waals surface area contributed by atoms with Crippen LogP contribution in [-0.2, 0) is 19.3 Å². The van der Waals surface area contributed by atoms with Gasteiger partial charge < -0.3 is 15.5 Å². The third-order valence-corrected chi connectivity index (χ3v) is 7.11. The summed E-state index contributed by atoms with van der Waals surface area (Å²) in [5.74, 6) is -1.77. The number of alkyl halides is 3. The molecule has 0 aliphatic heterocycles. The summed E-state index contributed by atoms with van der Waals surface area (Å²) in [6.45, 7) is 3.86. The van der Waals surface area contributed by atoms with Crippen LogP contribution < -0.4 is 11.1 Å². The zero-order valence-electron chi connectivity index (χ0n) is 21.2. The Balaban J connectivity index is 1.57. The van der Waals surface area contributed by atoms with Gasteiger partial charge in [-0.3, -0.25) is 29.1 Å². The number of anilines is 1. The first-order valence-corrected chi connectivity index (χ1v) is 12.6. The summed E-state index contributed by atoms with van der Waals surface area (Å²) >= 11 is 0.613. The molecule has 2 amide bonds. The molecule has 17 heteroatoms. The van der Waals surface area contributed by atoms with E-state index in [2.05, 4.69) is 20.5 Å². The maximum absolute atomic E-state index is 13.8. The van der Waals surface area contributed by atoms with E-state index >= 15 is 0 Å². The van der Waals surface area contributed by atoms with Crippen molar-refractivity contribution in [3.63, 3.8) is 0 Å². The van der Waals surface area contributed by atoms with E-state index in [4.69, 9.17) is 10.2 Å². The fraction of sp³-hybridized carbons (Fsp3) is 0.208. The lowest BCUT2D eigenvalue weighted by Gasteiger charge is -2.11. The van der Waals surface area contributed by atoms with Gasteiger partial charge in [0.15, 0.2) is 5.76 Å². The Hall–Kier alpha value is -5.06. The van der Waals surface area contributed by atoms with Crippen LogP contribution in [0, 0.1) is 17.0 Å². The number of thiophene rings is 1. The molecule has 5 heterocycles. The van der Waals surface area contributed by atoms with E-state index in [1.54, 1.807) is 17.8 Å². The SMILES string of the molecule is CCn1cc(-c2cc(C(F)(F)F)nc3sc(C(N)=O)c(NC(=O)c4ccc(Cn5cc([N+](=O)[O-])cn5)o4)c23)c(C)n1. The summed E-state index contributed by atoms with van der Waals surface area (Å²) in [5, 5.41) is 21.7. The molecule has 0 atom stereocenters. The van der Waals surface area contributed by atoms with Gasteiger partial charge in [0.25, 0.3) is 11.8 Å². The van der Waals surface area contributed by atoms with Crippen LogP contribution in [0.3, 0.4) is 0 Å². The molecule has 0 saturated heterocycles. The van der Waals surface area contributed by atoms with Gasteiger partial charge >= 0.3 is 11.9 Å². The molecule has 0 radical (unpaired) electrons. The van der Waals surface area contributed by atoms with Gasteiger partial charge in [-0.2, -0.15) is 23.4 Å². The third-order valence-electron chi connectivity index (χ3n) is 6.01. The molecule has 3 N–H and O–H groups in total. The topological polar surface area (TPSA) is 177 Å². The number of hydrogen-bond donors (Lipinski definition) is 2. The maximum Gasteiger partial charge on any atom is 0.433 e. The van der Waals surface area contributed by atoms with Crippen LogP contribution in [0.4, 0.5) is 24.5 Å². The quantitative estimate of drug-likeness (QED) is 0.195. The van der Waals surface area contributed by atoms with E-state index in [1.165, 1.54) is 23.0 Å². The first-order valence-electron chi connectivity index (χ1n) is 11.8. The molecular weight excluding hydrogens is 569 g/mol. The molecule has 5 rings (SSSR count). The van der Waals surface area contributed by atoms with Crippen molar-refractivity contribution in [3.8, 4) is 11.1 Å². The number of fused-ring (bicyclic) bond motifs is 1. The van der Waals surface area contributed by atoms with Crippen LogP contribution in [0.15, 0.2) is 41.2 Å². The highest BCUT2D eigenvalue weighted by molar-refractivity contribution is 7.21. The first kappa shape index (κ1) is 27.5. The lowest BCUT2D eigenvalue weighted by Crippen LogP contribution is -2.16. The number of nitrogens with one attached hydrogen (secondary N) is 1. The predicted octanol–water partition coefficient (Wildman–Crippen LogP) is 4.60. The second kappa shape index (κ2) is 10.2. The number of aryl methyl sites for hydroxylation is 2. The molecule has 13 nitrogen and oxygen atoms in total. The van der Waals surface area contributed by atoms with Gasteiger partial charge in [0.1, 0.15) is 33.6 Å². The molecule has 0 spiro atoms. The van der Waals surface area contributed by atoms with Crippen molar-refractivity contribution < 1.29 is 32.1 Å². The normalized spacial score (nSPS) is 11.7. The molecule has 0 unspecified atom stereocenters. The largest absolute Gasteiger partial charge is 0.454 e. The smallest absolute Gasteiger partial charge is 0.433 e. The molecule has 0 bridgehead atoms. The van der Waals surface area contributed by atoms with E-state index in [0.717, 1.165) is 12.3 Å². The standard InChI is InChI=1S/C24H19F3N8O5S/c1-3-33-10-15(11(2)32-33)14-6-17(24(25,26)27)30-23-18(14)19(20(41-23)21(28)36)31-22(37)16-5-4-13(40-16)9-34-8-12(7-29-34)35(38)39/h4-8,10H,3,9H2,1-2H3,(H2,28,36)(H,31,37). The summed E-state index contributed by atoms with van der Waals surface area (Å²) in [5.41, 5.74) is 4.84. The van der Waals surface area contributed by atoms with Crippen molar-refractivity contribution in [2.24, 2.45) is 5.73 Å². The molecule has 212 valence electrons. The maximum atomic E-state index is 13.8. The highest BCUT2D eigenvalue weighted by Gasteiger charge is 2.35. The number of pyridine rings is 1. The Kier molecular flexibility index (Phi) is 6.82. The van der Waals surface area contributed by atoms with Crippen molar-refractivity contribution in [3.05, 3.63) is 74.7 Å². The summed E-state index contributed by atoms with van der Waals surface area (Å²) in [6.07, 6.45) is -0.982. The van der Waals surface area contributed by atoms with Gasteiger partial charge in [0.2, 0.25) is 0 Å². The summed E-state index contributed by atoms with van der Waals surface area (Å²) < 4.78 is 49.7. The highest BCUT2D eigenvalue weighted by atomic mass is 32.1. The average molecular weight is 589 g/mol. The Bertz CT molecular complexity index is 1830. The number of rotatable bonds is 8. The Labute approximate surface area is 231 Å². The number of amides is 2. The average Bonchev–Trinajstić information content (AvgIpc) is 3.69. The minimum Gasteiger partial charge on any atom is -0.454 e. The minimum atomic E-state index is -4.79. The highest BCUT2D eigenvalue weighted by Crippen LogP contribution is 2.44. The van der Waals surface area contributed by atoms with Crippen molar-refractivity contribution in [1.29, 1.82) is 0 Å². The molecule has 0 fully saturated rings. The van der Waals surface area contributed by atoms with Gasteiger partial charge in [-0.15, -0.1) is 11.3 Å². The van der Waals surface area contributed by atoms with Crippen LogP contribution in [0.1, 0.15) is 44.3 Å². The van der Waals surface area contributed by atoms with Gasteiger partial charge in [-0.05, 0) is 37.6 Å². The fourth-order valence-electron chi connectivity index (χ4n) is 4.15. The van der Waals surface area contributed by atoms with Crippen molar-refractivity contribution in [2.75, 3.05) is 5.32 Å². The van der Waals surface area contributed by atoms with E-state index < -0.39 is 28.6 Å². The predicted molar refractivity (Wildman–Crippen MR) is 139 cm³/mol. The van der Waals surface area contributed by atoms with E-state index in [-0.39, 0.29) is 50.1 Å². The second-order valence-electron chi connectivity index (χ2n) is 8.76. The van der Waals surface area contributed by atoms with Crippen molar-refractivity contribution in [1.82, 2.24) is 24.5 Å². The number of nitro groups is 1. The first-order chi connectivity index (χ1) is 19.3. The number of halogens is 3. The van der Waals surface area contributed by atoms with Gasteiger partial charge in [0.05, 0.1) is 22.8 Å². The zero-order valence-corrected chi connectivity index (χ0v) is 22.0. The lowest BCUT2D eigenvalue weighted by atomic mass is 10.0. The third kappa shape index (κ3) is 5.25. The van der Waals surface area contributed by atoms with Crippen molar-refractivity contribution in [2.45, 2.75) is 33.1 Å². The molecule has 0 aliphatic rings. The lowest BCUT2D eigenvalue weighted by molar-refractivity contribution is -0.385. The van der Waals surface area contributed by atoms with E-state index in [0.29, 0.717) is 29.1 Å². The number of nitrogens with two attached hydrogens (primary N) is 1. The van der Waals surface area contributed by atoms with Crippen LogP contribution >= 0.6 is 11.3 Å². The number of hydrogen-bond acceptors (Lipinski definition) is 9. The van der Waals surface area contributed by atoms with Crippen LogP contribution in [0.5, 0.6) is 0 Å². The Morgan fingerprint density at radius 2 is 1.98 bits per heavy atom. The summed E-state index contributed by atoms with van der Waals surface area (Å²) in [6, 6.07) is 3.62. The number of aromatic nitrogens is 5. The van der Waals surface area contributed by atoms with Crippen LogP contribution in [0.25, 0.3) is 21.3 Å². The molecule has 41 heavy (non-hydrogen) atoms. The fourth-order valence-corrected chi connectivity index (χ4v) is 5.15. The molecule has 0 saturated carbocycles. The van der Waals surface area contributed by atoms with Gasteiger partial charge in [0, 0.05) is 23.7 Å². The number of carbonyl (C=O) groups excluding carboxylic acids is 2. The summed E-state index contributed by atoms with van der Waals surface area (Å²) in [7, 11) is 0. The summed E-state index contributed by atoms with van der Waals surface area (Å²) in [4.78, 5) is 39.2. The van der Waals surface area contributed by atoms with E-state index in [1.807, 2.05) is 6.92 Å². The Morgan fingerprint density at radius 3 is 2.59 bits per heavy atom. The van der Waals surface area contributed by atoms with E-state index in [9.17, 15) is 32.9 Å². The van der Waals surface area contributed by atoms with Crippen LogP contribution in [0.2, 0.25) is 0 Å². The zero-order chi connectivity index (χ0) is 29.6. The van der Waals surface area contributed by atoms with Crippen LogP contribution in [-0.4, -0.2) is 41.3 Å². The number of carbonyl (C=O) groups is 2. The molecule has 0 aromatic carbocycles.